The predicted molar refractivity (Wildman–Crippen MR) is 166 cm³/mol. The van der Waals surface area contributed by atoms with E-state index < -0.39 is 29.9 Å². The van der Waals surface area contributed by atoms with Gasteiger partial charge in [-0.05, 0) is 78.8 Å². The first kappa shape index (κ1) is 34.0. The summed E-state index contributed by atoms with van der Waals surface area (Å²) in [7, 11) is 2.89. The van der Waals surface area contributed by atoms with E-state index in [-0.39, 0.29) is 43.5 Å². The van der Waals surface area contributed by atoms with E-state index in [2.05, 4.69) is 21.2 Å². The minimum absolute atomic E-state index is 0.172. The second-order valence-corrected chi connectivity index (χ2v) is 10.1. The molecule has 2 aromatic rings. The Labute approximate surface area is 267 Å². The van der Waals surface area contributed by atoms with Gasteiger partial charge >= 0.3 is 18.0 Å². The van der Waals surface area contributed by atoms with Crippen molar-refractivity contribution in [3.63, 3.8) is 0 Å². The topological polar surface area (TPSA) is 172 Å². The molecule has 1 heterocycles. The maximum absolute atomic E-state index is 12.6. The first-order valence-electron chi connectivity index (χ1n) is 13.4. The third kappa shape index (κ3) is 8.98. The molecule has 0 spiro atoms. The van der Waals surface area contributed by atoms with Gasteiger partial charge in [-0.1, -0.05) is 6.07 Å². The number of ether oxygens (including phenoxy) is 6. The zero-order chi connectivity index (χ0) is 32.2. The molecule has 1 aliphatic heterocycles. The number of hydrogen-bond donors (Lipinski definition) is 3. The molecule has 3 amide bonds. The predicted octanol–water partition coefficient (Wildman–Crippen LogP) is 2.97. The number of carbonyl (C=O) groups is 4. The summed E-state index contributed by atoms with van der Waals surface area (Å²) >= 11 is 2.03. The minimum Gasteiger partial charge on any atom is -0.493 e. The third-order valence-electron chi connectivity index (χ3n) is 5.94. The van der Waals surface area contributed by atoms with E-state index >= 15 is 0 Å². The van der Waals surface area contributed by atoms with Gasteiger partial charge in [-0.15, -0.1) is 0 Å². The molecule has 3 N–H and O–H groups in total. The molecule has 44 heavy (non-hydrogen) atoms. The summed E-state index contributed by atoms with van der Waals surface area (Å²) in [6, 6.07) is 6.92. The number of halogens is 1. The van der Waals surface area contributed by atoms with Crippen molar-refractivity contribution in [3.8, 4) is 23.0 Å². The second-order valence-electron chi connectivity index (χ2n) is 8.91. The number of hydrogen-bond acceptors (Lipinski definition) is 11. The van der Waals surface area contributed by atoms with Crippen LogP contribution in [0.4, 0.5) is 4.79 Å². The highest BCUT2D eigenvalue weighted by atomic mass is 127. The van der Waals surface area contributed by atoms with Crippen LogP contribution in [0.2, 0.25) is 0 Å². The molecule has 0 saturated carbocycles. The quantitative estimate of drug-likeness (QED) is 0.114. The van der Waals surface area contributed by atoms with E-state index in [0.717, 1.165) is 0 Å². The lowest BCUT2D eigenvalue weighted by Gasteiger charge is -2.28. The molecule has 0 saturated heterocycles. The molecule has 1 atom stereocenters. The van der Waals surface area contributed by atoms with Gasteiger partial charge in [0.1, 0.15) is 0 Å². The lowest BCUT2D eigenvalue weighted by atomic mass is 9.95. The molecule has 2 aromatic carbocycles. The molecule has 236 valence electrons. The molecule has 0 unspecified atom stereocenters. The van der Waals surface area contributed by atoms with Gasteiger partial charge in [-0.25, -0.2) is 19.8 Å². The minimum atomic E-state index is -0.789. The van der Waals surface area contributed by atoms with Crippen molar-refractivity contribution in [2.45, 2.75) is 26.8 Å². The van der Waals surface area contributed by atoms with Crippen molar-refractivity contribution in [2.24, 2.45) is 5.10 Å². The summed E-state index contributed by atoms with van der Waals surface area (Å²) in [5.74, 6) is -0.327. The Kier molecular flexibility index (Phi) is 12.6. The Bertz CT molecular complexity index is 1460. The molecule has 14 nitrogen and oxygen atoms in total. The number of allylic oxidation sites excluding steroid dienone is 1. The summed E-state index contributed by atoms with van der Waals surface area (Å²) in [5.41, 5.74) is 4.16. The third-order valence-corrected chi connectivity index (χ3v) is 6.74. The largest absolute Gasteiger partial charge is 0.493 e. The van der Waals surface area contributed by atoms with E-state index in [9.17, 15) is 19.2 Å². The van der Waals surface area contributed by atoms with Crippen molar-refractivity contribution >= 4 is 52.7 Å². The molecule has 0 aromatic heterocycles. The average molecular weight is 725 g/mol. The molecule has 0 radical (unpaired) electrons. The van der Waals surface area contributed by atoms with E-state index in [1.807, 2.05) is 22.6 Å². The first-order valence-corrected chi connectivity index (χ1v) is 14.4. The van der Waals surface area contributed by atoms with Crippen molar-refractivity contribution in [1.82, 2.24) is 16.1 Å². The van der Waals surface area contributed by atoms with Gasteiger partial charge in [0.25, 0.3) is 5.91 Å². The smallest absolute Gasteiger partial charge is 0.344 e. The first-order chi connectivity index (χ1) is 21.1. The van der Waals surface area contributed by atoms with Gasteiger partial charge in [0.15, 0.2) is 36.2 Å². The summed E-state index contributed by atoms with van der Waals surface area (Å²) in [5, 5.41) is 9.27. The Balaban J connectivity index is 1.64. The van der Waals surface area contributed by atoms with Gasteiger partial charge in [0.2, 0.25) is 0 Å². The number of hydrazone groups is 1. The highest BCUT2D eigenvalue weighted by Crippen LogP contribution is 2.35. The molecule has 0 bridgehead atoms. The molecular weight excluding hydrogens is 691 g/mol. The number of urea groups is 1. The van der Waals surface area contributed by atoms with E-state index in [0.29, 0.717) is 31.9 Å². The Morgan fingerprint density at radius 2 is 1.70 bits per heavy atom. The zero-order valence-corrected chi connectivity index (χ0v) is 26.9. The van der Waals surface area contributed by atoms with Crippen molar-refractivity contribution in [1.29, 1.82) is 0 Å². The Morgan fingerprint density at radius 1 is 0.977 bits per heavy atom. The monoisotopic (exact) mass is 724 g/mol. The lowest BCUT2D eigenvalue weighted by Crippen LogP contribution is -2.45. The number of benzene rings is 2. The Hall–Kier alpha value is -4.54. The summed E-state index contributed by atoms with van der Waals surface area (Å²) < 4.78 is 32.7. The van der Waals surface area contributed by atoms with Crippen LogP contribution in [0.5, 0.6) is 23.0 Å². The van der Waals surface area contributed by atoms with Gasteiger partial charge in [0, 0.05) is 5.70 Å². The lowest BCUT2D eigenvalue weighted by molar-refractivity contribution is -0.145. The fraction of sp³-hybridized carbons (Fsp3) is 0.345. The number of carbonyl (C=O) groups excluding carboxylic acids is 4. The van der Waals surface area contributed by atoms with Crippen LogP contribution in [0.3, 0.4) is 0 Å². The van der Waals surface area contributed by atoms with Crippen LogP contribution < -0.4 is 35.0 Å². The zero-order valence-electron chi connectivity index (χ0n) is 24.8. The number of nitrogens with one attached hydrogen (secondary N) is 3. The van der Waals surface area contributed by atoms with Crippen LogP contribution >= 0.6 is 22.6 Å². The van der Waals surface area contributed by atoms with Crippen molar-refractivity contribution < 1.29 is 47.6 Å². The SMILES string of the molecule is CCOC(=O)COc1c(I)cc(/C=N\NC(=O)COc2ccc([C@@H]3NC(=O)NC(C)=C3C(=O)OCC)cc2OC)cc1OC. The number of nitrogens with zero attached hydrogens (tertiary/aromatic N) is 1. The van der Waals surface area contributed by atoms with Gasteiger partial charge in [0.05, 0.1) is 48.8 Å². The normalized spacial score (nSPS) is 14.3. The van der Waals surface area contributed by atoms with E-state index in [1.165, 1.54) is 20.4 Å². The molecule has 0 fully saturated rings. The van der Waals surface area contributed by atoms with Crippen LogP contribution in [0.1, 0.15) is 37.9 Å². The van der Waals surface area contributed by atoms with Crippen LogP contribution in [0.25, 0.3) is 0 Å². The molecule has 0 aliphatic carbocycles. The second kappa shape index (κ2) is 16.3. The number of esters is 2. The maximum Gasteiger partial charge on any atom is 0.344 e. The van der Waals surface area contributed by atoms with E-state index in [4.69, 9.17) is 28.4 Å². The van der Waals surface area contributed by atoms with Crippen molar-refractivity contribution in [2.75, 3.05) is 40.6 Å². The fourth-order valence-corrected chi connectivity index (χ4v) is 4.83. The van der Waals surface area contributed by atoms with Gasteiger partial charge < -0.3 is 39.1 Å². The molecule has 3 rings (SSSR count). The van der Waals surface area contributed by atoms with Gasteiger partial charge in [-0.2, -0.15) is 5.10 Å². The highest BCUT2D eigenvalue weighted by Gasteiger charge is 2.32. The molecule has 1 aliphatic rings. The van der Waals surface area contributed by atoms with Crippen LogP contribution in [0.15, 0.2) is 46.7 Å². The Morgan fingerprint density at radius 3 is 2.39 bits per heavy atom. The number of rotatable bonds is 14. The number of amides is 3. The van der Waals surface area contributed by atoms with Crippen LogP contribution in [-0.2, 0) is 23.9 Å². The van der Waals surface area contributed by atoms with Crippen molar-refractivity contribution in [3.05, 3.63) is 56.3 Å². The highest BCUT2D eigenvalue weighted by molar-refractivity contribution is 14.1. The van der Waals surface area contributed by atoms with Crippen LogP contribution in [-0.4, -0.2) is 70.7 Å². The average Bonchev–Trinajstić information content (AvgIpc) is 2.98. The summed E-state index contributed by atoms with van der Waals surface area (Å²) in [4.78, 5) is 48.8. The van der Waals surface area contributed by atoms with Crippen LogP contribution in [0, 0.1) is 3.57 Å². The summed E-state index contributed by atoms with van der Waals surface area (Å²) in [6.45, 7) is 4.78. The maximum atomic E-state index is 12.6. The van der Waals surface area contributed by atoms with Gasteiger partial charge in [-0.3, -0.25) is 4.79 Å². The molecular formula is C29H33IN4O10. The number of methoxy groups -OCH3 is 2. The fourth-order valence-electron chi connectivity index (χ4n) is 4.05. The molecule has 15 heteroatoms. The standard InChI is InChI=1S/C29H33IN4O10/c1-6-41-24(36)15-44-27-19(30)10-17(11-22(27)40-5)13-31-34-23(35)14-43-20-9-8-18(12-21(20)39-4)26-25(28(37)42-7-2)16(3)32-29(38)33-26/h8-13,26H,6-7,14-15H2,1-5H3,(H,34,35)(H2,32,33,38)/b31-13-/t26-/m0/s1. The van der Waals surface area contributed by atoms with E-state index in [1.54, 1.807) is 51.1 Å². The summed E-state index contributed by atoms with van der Waals surface area (Å²) in [6.07, 6.45) is 1.41.